The molecule has 1 saturated heterocycles. The van der Waals surface area contributed by atoms with Gasteiger partial charge in [-0.15, -0.1) is 11.3 Å². The van der Waals surface area contributed by atoms with Gasteiger partial charge < -0.3 is 10.1 Å². The van der Waals surface area contributed by atoms with Crippen molar-refractivity contribution in [1.82, 2.24) is 10.3 Å². The van der Waals surface area contributed by atoms with Crippen LogP contribution in [0.3, 0.4) is 0 Å². The average molecular weight is 346 g/mol. The summed E-state index contributed by atoms with van der Waals surface area (Å²) in [7, 11) is 0. The highest BCUT2D eigenvalue weighted by Crippen LogP contribution is 2.38. The molecule has 126 valence electrons. The minimum atomic E-state index is -0.246. The molecule has 0 saturated carbocycles. The van der Waals surface area contributed by atoms with Crippen LogP contribution in [-0.2, 0) is 16.0 Å². The third-order valence-electron chi connectivity index (χ3n) is 4.66. The summed E-state index contributed by atoms with van der Waals surface area (Å²) in [6.45, 7) is 1.19. The van der Waals surface area contributed by atoms with Crippen LogP contribution in [0.25, 0.3) is 10.6 Å². The predicted molar refractivity (Wildman–Crippen MR) is 90.3 cm³/mol. The van der Waals surface area contributed by atoms with Crippen LogP contribution in [0, 0.1) is 11.7 Å². The Kier molecular flexibility index (Phi) is 4.33. The predicted octanol–water partition coefficient (Wildman–Crippen LogP) is 3.48. The van der Waals surface area contributed by atoms with Crippen LogP contribution >= 0.6 is 11.3 Å². The summed E-state index contributed by atoms with van der Waals surface area (Å²) in [5.74, 6) is -0.189. The number of hydrogen-bond acceptors (Lipinski definition) is 4. The zero-order chi connectivity index (χ0) is 16.5. The Balaban J connectivity index is 1.56. The first-order valence-electron chi connectivity index (χ1n) is 8.34. The molecule has 1 aliphatic carbocycles. The van der Waals surface area contributed by atoms with Gasteiger partial charge in [-0.3, -0.25) is 4.79 Å². The lowest BCUT2D eigenvalue weighted by molar-refractivity contribution is -0.125. The van der Waals surface area contributed by atoms with E-state index < -0.39 is 0 Å². The number of amides is 1. The SMILES string of the molecule is O=C(N[C@@H]1CCCc2nc(-c3ccc(F)cc3)sc21)[C@H]1CCOC1. The molecule has 2 aliphatic rings. The Morgan fingerprint density at radius 1 is 1.29 bits per heavy atom. The maximum absolute atomic E-state index is 13.1. The van der Waals surface area contributed by atoms with Crippen molar-refractivity contribution in [3.63, 3.8) is 0 Å². The molecular weight excluding hydrogens is 327 g/mol. The number of nitrogens with one attached hydrogen (secondary N) is 1. The van der Waals surface area contributed by atoms with Gasteiger partial charge in [-0.25, -0.2) is 9.37 Å². The second kappa shape index (κ2) is 6.61. The number of fused-ring (bicyclic) bond motifs is 1. The summed E-state index contributed by atoms with van der Waals surface area (Å²) in [4.78, 5) is 18.3. The molecule has 6 heteroatoms. The molecule has 1 fully saturated rings. The summed E-state index contributed by atoms with van der Waals surface area (Å²) in [6, 6.07) is 6.45. The molecule has 0 radical (unpaired) electrons. The number of carbonyl (C=O) groups excluding carboxylic acids is 1. The number of aryl methyl sites for hydroxylation is 1. The molecule has 2 aromatic rings. The zero-order valence-electron chi connectivity index (χ0n) is 13.3. The summed E-state index contributed by atoms with van der Waals surface area (Å²) in [5.41, 5.74) is 1.99. The number of carbonyl (C=O) groups is 1. The Bertz CT molecular complexity index is 738. The van der Waals surface area contributed by atoms with Gasteiger partial charge in [-0.2, -0.15) is 0 Å². The third kappa shape index (κ3) is 3.08. The molecule has 1 aliphatic heterocycles. The van der Waals surface area contributed by atoms with E-state index in [4.69, 9.17) is 9.72 Å². The maximum atomic E-state index is 13.1. The molecule has 1 aromatic heterocycles. The molecule has 2 atom stereocenters. The Labute approximate surface area is 144 Å². The largest absolute Gasteiger partial charge is 0.381 e. The van der Waals surface area contributed by atoms with E-state index in [9.17, 15) is 9.18 Å². The second-order valence-corrected chi connectivity index (χ2v) is 7.38. The first-order chi connectivity index (χ1) is 11.7. The molecule has 0 spiro atoms. The van der Waals surface area contributed by atoms with E-state index in [0.29, 0.717) is 13.2 Å². The van der Waals surface area contributed by atoms with Gasteiger partial charge in [0, 0.05) is 12.2 Å². The molecule has 2 heterocycles. The molecule has 0 unspecified atom stereocenters. The van der Waals surface area contributed by atoms with Crippen molar-refractivity contribution in [3.05, 3.63) is 40.7 Å². The highest BCUT2D eigenvalue weighted by molar-refractivity contribution is 7.15. The van der Waals surface area contributed by atoms with Gasteiger partial charge in [0.15, 0.2) is 0 Å². The van der Waals surface area contributed by atoms with Crippen LogP contribution in [0.2, 0.25) is 0 Å². The van der Waals surface area contributed by atoms with Gasteiger partial charge in [-0.05, 0) is 49.9 Å². The van der Waals surface area contributed by atoms with Gasteiger partial charge in [-0.1, -0.05) is 0 Å². The van der Waals surface area contributed by atoms with Gasteiger partial charge in [0.25, 0.3) is 0 Å². The van der Waals surface area contributed by atoms with Crippen molar-refractivity contribution in [1.29, 1.82) is 0 Å². The minimum Gasteiger partial charge on any atom is -0.381 e. The zero-order valence-corrected chi connectivity index (χ0v) is 14.1. The first-order valence-corrected chi connectivity index (χ1v) is 9.16. The summed E-state index contributed by atoms with van der Waals surface area (Å²) in [6.07, 6.45) is 3.70. The van der Waals surface area contributed by atoms with Gasteiger partial charge in [0.2, 0.25) is 5.91 Å². The lowest BCUT2D eigenvalue weighted by atomic mass is 9.97. The van der Waals surface area contributed by atoms with Gasteiger partial charge in [0.1, 0.15) is 10.8 Å². The number of rotatable bonds is 3. The number of aromatic nitrogens is 1. The van der Waals surface area contributed by atoms with Crippen LogP contribution in [0.15, 0.2) is 24.3 Å². The number of hydrogen-bond donors (Lipinski definition) is 1. The smallest absolute Gasteiger partial charge is 0.226 e. The number of ether oxygens (including phenoxy) is 1. The van der Waals surface area contributed by atoms with E-state index in [-0.39, 0.29) is 23.7 Å². The topological polar surface area (TPSA) is 51.2 Å². The molecule has 4 nitrogen and oxygen atoms in total. The Morgan fingerprint density at radius 2 is 2.12 bits per heavy atom. The molecule has 24 heavy (non-hydrogen) atoms. The van der Waals surface area contributed by atoms with Crippen molar-refractivity contribution >= 4 is 17.2 Å². The van der Waals surface area contributed by atoms with Crippen LogP contribution < -0.4 is 5.32 Å². The van der Waals surface area contributed by atoms with E-state index in [0.717, 1.165) is 46.8 Å². The normalized spacial score (nSPS) is 23.0. The number of nitrogens with zero attached hydrogens (tertiary/aromatic N) is 1. The van der Waals surface area contributed by atoms with E-state index in [1.807, 2.05) is 0 Å². The minimum absolute atomic E-state index is 0.0279. The number of halogens is 1. The summed E-state index contributed by atoms with van der Waals surface area (Å²) >= 11 is 1.61. The van der Waals surface area contributed by atoms with E-state index in [2.05, 4.69) is 5.32 Å². The van der Waals surface area contributed by atoms with Crippen LogP contribution in [0.4, 0.5) is 4.39 Å². The number of benzene rings is 1. The van der Waals surface area contributed by atoms with Crippen LogP contribution in [0.1, 0.15) is 35.9 Å². The molecule has 4 rings (SSSR count). The van der Waals surface area contributed by atoms with E-state index in [1.54, 1.807) is 23.5 Å². The summed E-state index contributed by atoms with van der Waals surface area (Å²) in [5, 5.41) is 4.08. The number of thiazole rings is 1. The molecule has 0 bridgehead atoms. The first kappa shape index (κ1) is 15.7. The van der Waals surface area contributed by atoms with Crippen LogP contribution in [0.5, 0.6) is 0 Å². The maximum Gasteiger partial charge on any atom is 0.226 e. The third-order valence-corrected chi connectivity index (χ3v) is 5.92. The standard InChI is InChI=1S/C18H19FN2O2S/c19-13-6-4-11(5-7-13)18-21-15-3-1-2-14(16(15)24-18)20-17(22)12-8-9-23-10-12/h4-7,12,14H,1-3,8-10H2,(H,20,22)/t12-,14+/m0/s1. The second-order valence-electron chi connectivity index (χ2n) is 6.35. The molecule has 1 aromatic carbocycles. The monoisotopic (exact) mass is 346 g/mol. The quantitative estimate of drug-likeness (QED) is 0.926. The fourth-order valence-corrected chi connectivity index (χ4v) is 4.51. The van der Waals surface area contributed by atoms with Crippen molar-refractivity contribution < 1.29 is 13.9 Å². The van der Waals surface area contributed by atoms with Gasteiger partial charge >= 0.3 is 0 Å². The van der Waals surface area contributed by atoms with Crippen LogP contribution in [-0.4, -0.2) is 24.1 Å². The summed E-state index contributed by atoms with van der Waals surface area (Å²) < 4.78 is 18.4. The lowest BCUT2D eigenvalue weighted by Gasteiger charge is -2.23. The average Bonchev–Trinajstić information content (AvgIpc) is 3.25. The molecule has 1 amide bonds. The fraction of sp³-hybridized carbons (Fsp3) is 0.444. The van der Waals surface area contributed by atoms with Crippen molar-refractivity contribution in [2.75, 3.05) is 13.2 Å². The van der Waals surface area contributed by atoms with Crippen molar-refractivity contribution in [2.45, 2.75) is 31.7 Å². The van der Waals surface area contributed by atoms with Gasteiger partial charge in [0.05, 0.1) is 29.1 Å². The Hall–Kier alpha value is -1.79. The molecular formula is C18H19FN2O2S. The van der Waals surface area contributed by atoms with Crippen molar-refractivity contribution in [3.8, 4) is 10.6 Å². The van der Waals surface area contributed by atoms with E-state index >= 15 is 0 Å². The highest BCUT2D eigenvalue weighted by Gasteiger charge is 2.30. The fourth-order valence-electron chi connectivity index (χ4n) is 3.30. The highest BCUT2D eigenvalue weighted by atomic mass is 32.1. The molecule has 1 N–H and O–H groups in total. The van der Waals surface area contributed by atoms with Crippen molar-refractivity contribution in [2.24, 2.45) is 5.92 Å². The lowest BCUT2D eigenvalue weighted by Crippen LogP contribution is -2.35. The van der Waals surface area contributed by atoms with E-state index in [1.165, 1.54) is 12.1 Å². The Morgan fingerprint density at radius 3 is 2.88 bits per heavy atom.